The number of hydrogen-bond donors (Lipinski definition) is 6. The maximum atomic E-state index is 10.7. The number of nitrogens with one attached hydrogen (secondary N) is 3. The topological polar surface area (TPSA) is 122 Å². The molecule has 0 aromatic carbocycles. The van der Waals surface area contributed by atoms with E-state index in [1.54, 1.807) is 0 Å². The number of rotatable bonds is 8. The van der Waals surface area contributed by atoms with Crippen LogP contribution in [-0.2, 0) is 4.74 Å². The molecule has 0 bridgehead atoms. The zero-order valence-electron chi connectivity index (χ0n) is 19.1. The van der Waals surface area contributed by atoms with E-state index in [0.717, 1.165) is 19.0 Å². The highest BCUT2D eigenvalue weighted by Crippen LogP contribution is 2.29. The molecule has 7 N–H and O–H groups in total. The van der Waals surface area contributed by atoms with E-state index in [4.69, 9.17) is 10.5 Å². The molecule has 10 nitrogen and oxygen atoms in total. The van der Waals surface area contributed by atoms with Crippen molar-refractivity contribution in [3.8, 4) is 0 Å². The van der Waals surface area contributed by atoms with Crippen LogP contribution in [0, 0.1) is 5.92 Å². The molecule has 3 saturated heterocycles. The van der Waals surface area contributed by atoms with Crippen LogP contribution in [0.5, 0.6) is 0 Å². The van der Waals surface area contributed by atoms with Crippen molar-refractivity contribution in [2.45, 2.75) is 75.0 Å². The van der Waals surface area contributed by atoms with E-state index in [0.29, 0.717) is 19.9 Å². The molecule has 4 fully saturated rings. The summed E-state index contributed by atoms with van der Waals surface area (Å²) in [6, 6.07) is 0.0307. The van der Waals surface area contributed by atoms with Gasteiger partial charge in [-0.2, -0.15) is 0 Å². The summed E-state index contributed by atoms with van der Waals surface area (Å²) in [4.78, 5) is 6.67. The van der Waals surface area contributed by atoms with Crippen molar-refractivity contribution in [2.24, 2.45) is 11.7 Å². The minimum Gasteiger partial charge on any atom is -0.387 e. The molecule has 3 unspecified atom stereocenters. The number of ether oxygens (including phenoxy) is 1. The monoisotopic (exact) mass is 441 g/mol. The molecule has 3 heterocycles. The summed E-state index contributed by atoms with van der Waals surface area (Å²) in [6.45, 7) is 4.83. The number of nitrogens with two attached hydrogens (primary N) is 1. The molecule has 1 saturated carbocycles. The minimum absolute atomic E-state index is 0.0307. The van der Waals surface area contributed by atoms with Crippen LogP contribution in [0.15, 0.2) is 0 Å². The second kappa shape index (κ2) is 10.7. The summed E-state index contributed by atoms with van der Waals surface area (Å²) in [5.74, 6) is 0.842. The average Bonchev–Trinajstić information content (AvgIpc) is 3.30. The molecule has 4 rings (SSSR count). The van der Waals surface area contributed by atoms with Gasteiger partial charge in [-0.15, -0.1) is 0 Å². The Morgan fingerprint density at radius 2 is 1.68 bits per heavy atom. The van der Waals surface area contributed by atoms with E-state index >= 15 is 0 Å². The maximum absolute atomic E-state index is 10.7. The smallest absolute Gasteiger partial charge is 0.142 e. The standard InChI is InChI=1S/C21H43N7O3/c1-26(10-14-6-4-3-5-7-14)8-9-27(2)11-15-17(29)18(30)21(31-15)28-13-25-16-19(22)23-12-24-20(16)28/h14-21,23-25,29-30H,3-13,22H2,1-2H3/t15-,16?,17-,18-,19?,20?,21-/m1/s1. The van der Waals surface area contributed by atoms with Crippen LogP contribution in [0.3, 0.4) is 0 Å². The van der Waals surface area contributed by atoms with Crippen LogP contribution in [-0.4, -0.2) is 121 Å². The van der Waals surface area contributed by atoms with E-state index in [2.05, 4.69) is 39.8 Å². The number of aliphatic hydroxyl groups is 2. The van der Waals surface area contributed by atoms with Gasteiger partial charge in [0, 0.05) is 32.8 Å². The van der Waals surface area contributed by atoms with Gasteiger partial charge in [-0.3, -0.25) is 16.0 Å². The van der Waals surface area contributed by atoms with Crippen molar-refractivity contribution in [1.29, 1.82) is 0 Å². The fraction of sp³-hybridized carbons (Fsp3) is 1.00. The Kier molecular flexibility index (Phi) is 8.19. The van der Waals surface area contributed by atoms with Crippen LogP contribution >= 0.6 is 0 Å². The summed E-state index contributed by atoms with van der Waals surface area (Å²) in [6.07, 6.45) is 3.88. The van der Waals surface area contributed by atoms with E-state index in [1.165, 1.54) is 38.6 Å². The molecule has 3 aliphatic heterocycles. The molecule has 180 valence electrons. The lowest BCUT2D eigenvalue weighted by Gasteiger charge is -2.38. The largest absolute Gasteiger partial charge is 0.387 e. The third-order valence-corrected chi connectivity index (χ3v) is 7.56. The second-order valence-corrected chi connectivity index (χ2v) is 10.0. The quantitative estimate of drug-likeness (QED) is 0.249. The SMILES string of the molecule is CN(CCN(C)C[C@H]1O[C@@H](N2CNC3C(N)NCNC32)[C@H](O)[C@@H]1O)CC1CCCCC1. The highest BCUT2D eigenvalue weighted by Gasteiger charge is 2.51. The molecule has 31 heavy (non-hydrogen) atoms. The summed E-state index contributed by atoms with van der Waals surface area (Å²) >= 11 is 0. The summed E-state index contributed by atoms with van der Waals surface area (Å²) < 4.78 is 6.18. The minimum atomic E-state index is -0.944. The van der Waals surface area contributed by atoms with Crippen molar-refractivity contribution in [1.82, 2.24) is 30.7 Å². The zero-order chi connectivity index (χ0) is 22.0. The Morgan fingerprint density at radius 1 is 0.968 bits per heavy atom. The Labute approximate surface area is 186 Å². The number of nitrogens with zero attached hydrogens (tertiary/aromatic N) is 3. The molecule has 0 amide bonds. The van der Waals surface area contributed by atoms with Gasteiger partial charge in [-0.25, -0.2) is 4.90 Å². The Morgan fingerprint density at radius 3 is 2.42 bits per heavy atom. The van der Waals surface area contributed by atoms with Gasteiger partial charge in [0.05, 0.1) is 25.0 Å². The normalized spacial score (nSPS) is 40.2. The van der Waals surface area contributed by atoms with Crippen LogP contribution in [0.2, 0.25) is 0 Å². The molecule has 0 spiro atoms. The Bertz CT molecular complexity index is 567. The van der Waals surface area contributed by atoms with Gasteiger partial charge in [-0.1, -0.05) is 19.3 Å². The predicted molar refractivity (Wildman–Crippen MR) is 119 cm³/mol. The van der Waals surface area contributed by atoms with Gasteiger partial charge < -0.3 is 30.5 Å². The Hall–Kier alpha value is -0.400. The average molecular weight is 442 g/mol. The van der Waals surface area contributed by atoms with Gasteiger partial charge >= 0.3 is 0 Å². The first kappa shape index (κ1) is 23.7. The van der Waals surface area contributed by atoms with E-state index in [9.17, 15) is 10.2 Å². The van der Waals surface area contributed by atoms with Crippen molar-refractivity contribution in [3.63, 3.8) is 0 Å². The van der Waals surface area contributed by atoms with Crippen LogP contribution in [0.1, 0.15) is 32.1 Å². The third kappa shape index (κ3) is 5.57. The van der Waals surface area contributed by atoms with E-state index in [-0.39, 0.29) is 18.4 Å². The van der Waals surface area contributed by atoms with Gasteiger partial charge in [-0.05, 0) is 32.9 Å². The number of hydrogen-bond acceptors (Lipinski definition) is 10. The van der Waals surface area contributed by atoms with Gasteiger partial charge in [0.25, 0.3) is 0 Å². The van der Waals surface area contributed by atoms with Gasteiger partial charge in [0.2, 0.25) is 0 Å². The summed E-state index contributed by atoms with van der Waals surface area (Å²) in [5.41, 5.74) is 6.15. The summed E-state index contributed by atoms with van der Waals surface area (Å²) in [7, 11) is 4.27. The third-order valence-electron chi connectivity index (χ3n) is 7.56. The van der Waals surface area contributed by atoms with Crippen molar-refractivity contribution < 1.29 is 14.9 Å². The number of fused-ring (bicyclic) bond motifs is 1. The Balaban J connectivity index is 1.23. The molecular formula is C21H43N7O3. The first-order valence-corrected chi connectivity index (χ1v) is 12.0. The van der Waals surface area contributed by atoms with Crippen molar-refractivity contribution in [2.75, 3.05) is 53.6 Å². The highest BCUT2D eigenvalue weighted by molar-refractivity contribution is 5.01. The predicted octanol–water partition coefficient (Wildman–Crippen LogP) is -2.13. The highest BCUT2D eigenvalue weighted by atomic mass is 16.6. The van der Waals surface area contributed by atoms with Crippen LogP contribution in [0.4, 0.5) is 0 Å². The molecular weight excluding hydrogens is 398 g/mol. The fourth-order valence-corrected chi connectivity index (χ4v) is 5.65. The number of aliphatic hydroxyl groups excluding tert-OH is 2. The first-order valence-electron chi connectivity index (χ1n) is 12.0. The van der Waals surface area contributed by atoms with Crippen LogP contribution in [0.25, 0.3) is 0 Å². The molecule has 0 aromatic rings. The zero-order valence-corrected chi connectivity index (χ0v) is 19.1. The molecule has 1 aliphatic carbocycles. The molecule has 7 atom stereocenters. The van der Waals surface area contributed by atoms with Crippen LogP contribution < -0.4 is 21.7 Å². The number of likely N-dealkylation sites (N-methyl/N-ethyl adjacent to an activating group) is 2. The van der Waals surface area contributed by atoms with E-state index in [1.807, 2.05) is 4.90 Å². The lowest BCUT2D eigenvalue weighted by Crippen LogP contribution is -2.68. The van der Waals surface area contributed by atoms with Gasteiger partial charge in [0.15, 0.2) is 0 Å². The maximum Gasteiger partial charge on any atom is 0.142 e. The fourth-order valence-electron chi connectivity index (χ4n) is 5.65. The molecule has 0 aromatic heterocycles. The molecule has 0 radical (unpaired) electrons. The van der Waals surface area contributed by atoms with Crippen molar-refractivity contribution >= 4 is 0 Å². The second-order valence-electron chi connectivity index (χ2n) is 10.0. The molecule has 4 aliphatic rings. The van der Waals surface area contributed by atoms with E-state index < -0.39 is 24.5 Å². The summed E-state index contributed by atoms with van der Waals surface area (Å²) in [5, 5.41) is 31.3. The van der Waals surface area contributed by atoms with Crippen molar-refractivity contribution in [3.05, 3.63) is 0 Å². The lowest BCUT2D eigenvalue weighted by atomic mass is 9.89. The molecule has 10 heteroatoms. The van der Waals surface area contributed by atoms with Gasteiger partial charge in [0.1, 0.15) is 24.5 Å². The first-order chi connectivity index (χ1) is 14.9. The lowest BCUT2D eigenvalue weighted by molar-refractivity contribution is -0.106.